The van der Waals surface area contributed by atoms with Crippen LogP contribution in [0.1, 0.15) is 20.3 Å². The van der Waals surface area contributed by atoms with E-state index >= 15 is 0 Å². The Morgan fingerprint density at radius 3 is 3.08 bits per heavy atom. The van der Waals surface area contributed by atoms with Gasteiger partial charge in [0.05, 0.1) is 6.61 Å². The summed E-state index contributed by atoms with van der Waals surface area (Å²) >= 11 is 0. The summed E-state index contributed by atoms with van der Waals surface area (Å²) in [5.41, 5.74) is 3.72. The van der Waals surface area contributed by atoms with E-state index in [-0.39, 0.29) is 6.03 Å². The summed E-state index contributed by atoms with van der Waals surface area (Å²) in [6.07, 6.45) is 3.02. The summed E-state index contributed by atoms with van der Waals surface area (Å²) in [4.78, 5) is 17.9. The van der Waals surface area contributed by atoms with Gasteiger partial charge in [0, 0.05) is 13.1 Å². The topological polar surface area (TPSA) is 41.6 Å². The number of carbonyl (C=O) groups excluding carboxylic acids is 1. The van der Waals surface area contributed by atoms with Crippen molar-refractivity contribution in [3.63, 3.8) is 0 Å². The third kappa shape index (κ3) is 3.06. The first-order valence-corrected chi connectivity index (χ1v) is 4.56. The summed E-state index contributed by atoms with van der Waals surface area (Å²) in [6, 6.07) is -0.148. The second-order valence-electron chi connectivity index (χ2n) is 3.09. The zero-order valence-electron chi connectivity index (χ0n) is 8.17. The van der Waals surface area contributed by atoms with Crippen molar-refractivity contribution in [1.29, 1.82) is 0 Å². The molecule has 1 N–H and O–H groups in total. The molecular formula is C9H16N2O2. The first-order valence-electron chi connectivity index (χ1n) is 4.56. The molecular weight excluding hydrogens is 168 g/mol. The summed E-state index contributed by atoms with van der Waals surface area (Å²) in [7, 11) is 0. The molecule has 0 bridgehead atoms. The molecule has 0 fully saturated rings. The molecule has 74 valence electrons. The Morgan fingerprint density at radius 1 is 1.77 bits per heavy atom. The highest BCUT2D eigenvalue weighted by Gasteiger charge is 2.14. The maximum Gasteiger partial charge on any atom is 0.341 e. The Morgan fingerprint density at radius 2 is 2.54 bits per heavy atom. The van der Waals surface area contributed by atoms with Gasteiger partial charge in [-0.05, 0) is 20.3 Å². The van der Waals surface area contributed by atoms with E-state index < -0.39 is 0 Å². The molecule has 1 rings (SSSR count). The zero-order valence-corrected chi connectivity index (χ0v) is 8.17. The Labute approximate surface area is 78.5 Å². The van der Waals surface area contributed by atoms with Gasteiger partial charge in [-0.3, -0.25) is 4.84 Å². The number of rotatable bonds is 2. The van der Waals surface area contributed by atoms with Crippen molar-refractivity contribution in [3.05, 3.63) is 11.6 Å². The van der Waals surface area contributed by atoms with E-state index in [4.69, 9.17) is 4.84 Å². The lowest BCUT2D eigenvalue weighted by Crippen LogP contribution is -2.42. The number of urea groups is 1. The lowest BCUT2D eigenvalue weighted by atomic mass is 10.1. The molecule has 0 radical (unpaired) electrons. The van der Waals surface area contributed by atoms with Crippen molar-refractivity contribution in [1.82, 2.24) is 10.4 Å². The minimum Gasteiger partial charge on any atom is -0.319 e. The Kier molecular flexibility index (Phi) is 3.76. The lowest BCUT2D eigenvalue weighted by Gasteiger charge is -2.25. The summed E-state index contributed by atoms with van der Waals surface area (Å²) in [5, 5.41) is 0. The van der Waals surface area contributed by atoms with Crippen molar-refractivity contribution in [3.8, 4) is 0 Å². The second kappa shape index (κ2) is 4.87. The molecule has 0 aliphatic carbocycles. The minimum absolute atomic E-state index is 0.148. The molecule has 0 aromatic rings. The molecule has 4 nitrogen and oxygen atoms in total. The maximum absolute atomic E-state index is 11.3. The van der Waals surface area contributed by atoms with Crippen LogP contribution < -0.4 is 5.48 Å². The molecule has 4 heteroatoms. The van der Waals surface area contributed by atoms with Gasteiger partial charge in [-0.1, -0.05) is 11.6 Å². The average Bonchev–Trinajstić information content (AvgIpc) is 2.15. The largest absolute Gasteiger partial charge is 0.341 e. The Bertz CT molecular complexity index is 214. The SMILES string of the molecule is CCONC(=O)N1CC=C(C)CC1. The van der Waals surface area contributed by atoms with E-state index in [1.165, 1.54) is 5.57 Å². The quantitative estimate of drug-likeness (QED) is 0.519. The fourth-order valence-corrected chi connectivity index (χ4v) is 1.15. The monoisotopic (exact) mass is 184 g/mol. The van der Waals surface area contributed by atoms with E-state index in [1.54, 1.807) is 4.90 Å². The molecule has 0 atom stereocenters. The standard InChI is InChI=1S/C9H16N2O2/c1-3-13-10-9(12)11-6-4-8(2)5-7-11/h4H,3,5-7H2,1-2H3,(H,10,12). The third-order valence-corrected chi connectivity index (χ3v) is 2.03. The van der Waals surface area contributed by atoms with Gasteiger partial charge in [-0.15, -0.1) is 0 Å². The van der Waals surface area contributed by atoms with Crippen LogP contribution >= 0.6 is 0 Å². The highest BCUT2D eigenvalue weighted by atomic mass is 16.7. The molecule has 1 aliphatic heterocycles. The van der Waals surface area contributed by atoms with Crippen molar-refractivity contribution >= 4 is 6.03 Å². The number of hydrogen-bond donors (Lipinski definition) is 1. The fraction of sp³-hybridized carbons (Fsp3) is 0.667. The first-order chi connectivity index (χ1) is 6.24. The number of carbonyl (C=O) groups is 1. The van der Waals surface area contributed by atoms with Gasteiger partial charge in [0.2, 0.25) is 0 Å². The molecule has 0 saturated heterocycles. The number of hydrogen-bond acceptors (Lipinski definition) is 2. The van der Waals surface area contributed by atoms with Crippen LogP contribution in [0.25, 0.3) is 0 Å². The van der Waals surface area contributed by atoms with Crippen LogP contribution in [0.5, 0.6) is 0 Å². The Balaban J connectivity index is 2.32. The number of amides is 2. The van der Waals surface area contributed by atoms with Gasteiger partial charge in [-0.25, -0.2) is 10.3 Å². The van der Waals surface area contributed by atoms with Crippen LogP contribution in [-0.4, -0.2) is 30.6 Å². The first kappa shape index (κ1) is 10.1. The molecule has 0 spiro atoms. The van der Waals surface area contributed by atoms with E-state index in [9.17, 15) is 4.79 Å². The predicted molar refractivity (Wildman–Crippen MR) is 50.1 cm³/mol. The van der Waals surface area contributed by atoms with Crippen molar-refractivity contribution in [2.45, 2.75) is 20.3 Å². The van der Waals surface area contributed by atoms with Gasteiger partial charge < -0.3 is 4.90 Å². The van der Waals surface area contributed by atoms with Crippen LogP contribution in [0.3, 0.4) is 0 Å². The second-order valence-corrected chi connectivity index (χ2v) is 3.09. The third-order valence-electron chi connectivity index (χ3n) is 2.03. The smallest absolute Gasteiger partial charge is 0.319 e. The van der Waals surface area contributed by atoms with Gasteiger partial charge in [-0.2, -0.15) is 0 Å². The van der Waals surface area contributed by atoms with Crippen LogP contribution in [0, 0.1) is 0 Å². The van der Waals surface area contributed by atoms with Crippen LogP contribution in [-0.2, 0) is 4.84 Å². The molecule has 0 aromatic heterocycles. The highest BCUT2D eigenvalue weighted by Crippen LogP contribution is 2.08. The number of nitrogens with zero attached hydrogens (tertiary/aromatic N) is 1. The van der Waals surface area contributed by atoms with Crippen LogP contribution in [0.2, 0.25) is 0 Å². The number of nitrogens with one attached hydrogen (secondary N) is 1. The highest BCUT2D eigenvalue weighted by molar-refractivity contribution is 5.73. The normalized spacial score (nSPS) is 16.8. The summed E-state index contributed by atoms with van der Waals surface area (Å²) < 4.78 is 0. The minimum atomic E-state index is -0.148. The average molecular weight is 184 g/mol. The van der Waals surface area contributed by atoms with Gasteiger partial charge in [0.1, 0.15) is 0 Å². The number of hydroxylamine groups is 1. The van der Waals surface area contributed by atoms with E-state index in [2.05, 4.69) is 18.5 Å². The van der Waals surface area contributed by atoms with Crippen LogP contribution in [0.4, 0.5) is 4.79 Å². The fourth-order valence-electron chi connectivity index (χ4n) is 1.15. The van der Waals surface area contributed by atoms with Crippen molar-refractivity contribution < 1.29 is 9.63 Å². The predicted octanol–water partition coefficient (Wildman–Crippen LogP) is 1.30. The summed E-state index contributed by atoms with van der Waals surface area (Å²) in [6.45, 7) is 5.87. The molecule has 2 amide bonds. The van der Waals surface area contributed by atoms with Gasteiger partial charge >= 0.3 is 6.03 Å². The molecule has 0 aromatic carbocycles. The van der Waals surface area contributed by atoms with Gasteiger partial charge in [0.25, 0.3) is 0 Å². The van der Waals surface area contributed by atoms with Gasteiger partial charge in [0.15, 0.2) is 0 Å². The van der Waals surface area contributed by atoms with E-state index in [1.807, 2.05) is 6.92 Å². The molecule has 0 saturated carbocycles. The molecule has 1 heterocycles. The molecule has 1 aliphatic rings. The molecule has 0 unspecified atom stereocenters. The summed E-state index contributed by atoms with van der Waals surface area (Å²) in [5.74, 6) is 0. The van der Waals surface area contributed by atoms with Crippen LogP contribution in [0.15, 0.2) is 11.6 Å². The van der Waals surface area contributed by atoms with Crippen molar-refractivity contribution in [2.24, 2.45) is 0 Å². The lowest BCUT2D eigenvalue weighted by molar-refractivity contribution is 0.0566. The van der Waals surface area contributed by atoms with E-state index in [0.29, 0.717) is 13.2 Å². The van der Waals surface area contributed by atoms with Crippen molar-refractivity contribution in [2.75, 3.05) is 19.7 Å². The zero-order chi connectivity index (χ0) is 9.68. The molecule has 13 heavy (non-hydrogen) atoms. The van der Waals surface area contributed by atoms with E-state index in [0.717, 1.165) is 13.0 Å². The maximum atomic E-state index is 11.3. The Hall–Kier alpha value is -1.03.